The molecule has 0 amide bonds. The van der Waals surface area contributed by atoms with Gasteiger partial charge in [-0.3, -0.25) is 0 Å². The van der Waals surface area contributed by atoms with Gasteiger partial charge in [-0.1, -0.05) is 13.0 Å². The largest absolute Gasteiger partial charge is 0.356 e. The highest BCUT2D eigenvalue weighted by molar-refractivity contribution is 7.98. The molecular formula is C13H23N3S. The van der Waals surface area contributed by atoms with Gasteiger partial charge in [0.05, 0.1) is 0 Å². The molecule has 1 aromatic heterocycles. The van der Waals surface area contributed by atoms with E-state index >= 15 is 0 Å². The maximum Gasteiger partial charge on any atom is 0.128 e. The average Bonchev–Trinajstić information content (AvgIpc) is 2.35. The number of thioether (sulfide) groups is 1. The number of pyridine rings is 1. The van der Waals surface area contributed by atoms with Gasteiger partial charge in [0.25, 0.3) is 0 Å². The van der Waals surface area contributed by atoms with Crippen molar-refractivity contribution in [1.29, 1.82) is 0 Å². The minimum Gasteiger partial charge on any atom is -0.356 e. The average molecular weight is 253 g/mol. The molecule has 0 aliphatic heterocycles. The summed E-state index contributed by atoms with van der Waals surface area (Å²) in [5.41, 5.74) is 6.90. The maximum atomic E-state index is 5.82. The van der Waals surface area contributed by atoms with Gasteiger partial charge in [-0.05, 0) is 31.2 Å². The summed E-state index contributed by atoms with van der Waals surface area (Å²) in [6.07, 6.45) is 5.15. The molecule has 0 bridgehead atoms. The summed E-state index contributed by atoms with van der Waals surface area (Å²) in [5.74, 6) is 2.15. The van der Waals surface area contributed by atoms with Gasteiger partial charge in [0, 0.05) is 31.1 Å². The topological polar surface area (TPSA) is 42.1 Å². The quantitative estimate of drug-likeness (QED) is 0.846. The molecule has 0 aliphatic rings. The summed E-state index contributed by atoms with van der Waals surface area (Å²) >= 11 is 1.88. The van der Waals surface area contributed by atoms with E-state index in [9.17, 15) is 0 Å². The Morgan fingerprint density at radius 2 is 2.18 bits per heavy atom. The first-order valence-corrected chi connectivity index (χ1v) is 7.42. The Morgan fingerprint density at radius 3 is 2.59 bits per heavy atom. The van der Waals surface area contributed by atoms with Crippen molar-refractivity contribution in [1.82, 2.24) is 4.98 Å². The van der Waals surface area contributed by atoms with Crippen LogP contribution in [0.5, 0.6) is 0 Å². The van der Waals surface area contributed by atoms with Crippen LogP contribution in [0.2, 0.25) is 0 Å². The van der Waals surface area contributed by atoms with Crippen molar-refractivity contribution in [3.8, 4) is 0 Å². The van der Waals surface area contributed by atoms with Gasteiger partial charge in [0.15, 0.2) is 0 Å². The fourth-order valence-electron chi connectivity index (χ4n) is 1.76. The zero-order valence-corrected chi connectivity index (χ0v) is 12.0. The Balaban J connectivity index is 2.77. The van der Waals surface area contributed by atoms with E-state index in [1.165, 1.54) is 0 Å². The molecule has 0 spiro atoms. The lowest BCUT2D eigenvalue weighted by molar-refractivity contribution is 0.665. The van der Waals surface area contributed by atoms with Crippen LogP contribution in [0.15, 0.2) is 18.3 Å². The molecule has 96 valence electrons. The monoisotopic (exact) mass is 253 g/mol. The molecule has 0 aliphatic carbocycles. The van der Waals surface area contributed by atoms with Crippen molar-refractivity contribution < 1.29 is 0 Å². The third-order valence-electron chi connectivity index (χ3n) is 3.04. The highest BCUT2D eigenvalue weighted by Gasteiger charge is 2.13. The molecule has 4 heteroatoms. The third-order valence-corrected chi connectivity index (χ3v) is 3.75. The van der Waals surface area contributed by atoms with E-state index in [1.54, 1.807) is 0 Å². The molecule has 0 saturated heterocycles. The lowest BCUT2D eigenvalue weighted by Crippen LogP contribution is -2.33. The highest BCUT2D eigenvalue weighted by Crippen LogP contribution is 2.18. The first-order valence-electron chi connectivity index (χ1n) is 6.03. The van der Waals surface area contributed by atoms with Crippen molar-refractivity contribution in [2.45, 2.75) is 32.4 Å². The minimum atomic E-state index is 0.0509. The fourth-order valence-corrected chi connectivity index (χ4v) is 2.60. The van der Waals surface area contributed by atoms with Crippen LogP contribution < -0.4 is 10.6 Å². The van der Waals surface area contributed by atoms with Gasteiger partial charge in [0.1, 0.15) is 5.82 Å². The van der Waals surface area contributed by atoms with Crippen LogP contribution in [-0.4, -0.2) is 30.1 Å². The Hall–Kier alpha value is -0.740. The normalized spacial score (nSPS) is 14.4. The summed E-state index contributed by atoms with van der Waals surface area (Å²) in [6, 6.07) is 4.71. The second-order valence-electron chi connectivity index (χ2n) is 4.37. The van der Waals surface area contributed by atoms with E-state index in [1.807, 2.05) is 24.9 Å². The summed E-state index contributed by atoms with van der Waals surface area (Å²) < 4.78 is 0. The molecule has 1 aromatic rings. The minimum absolute atomic E-state index is 0.0509. The number of nitrogens with zero attached hydrogens (tertiary/aromatic N) is 2. The summed E-state index contributed by atoms with van der Waals surface area (Å²) in [6.45, 7) is 4.19. The predicted octanol–water partition coefficient (Wildman–Crippen LogP) is 2.68. The Kier molecular flexibility index (Phi) is 5.78. The zero-order chi connectivity index (χ0) is 12.8. The van der Waals surface area contributed by atoms with Crippen LogP contribution in [0.4, 0.5) is 5.82 Å². The predicted molar refractivity (Wildman–Crippen MR) is 77.7 cm³/mol. The van der Waals surface area contributed by atoms with Crippen molar-refractivity contribution >= 4 is 17.6 Å². The second kappa shape index (κ2) is 6.87. The molecule has 17 heavy (non-hydrogen) atoms. The summed E-state index contributed by atoms with van der Waals surface area (Å²) in [7, 11) is 2.11. The van der Waals surface area contributed by atoms with E-state index in [4.69, 9.17) is 5.73 Å². The van der Waals surface area contributed by atoms with Gasteiger partial charge in [-0.2, -0.15) is 11.8 Å². The van der Waals surface area contributed by atoms with Crippen LogP contribution >= 0.6 is 11.8 Å². The standard InChI is InChI=1S/C13H23N3S/c1-5-12(9-17-4)16(3)13-7-6-11(8-15-13)10(2)14/h6-8,10,12H,5,9,14H2,1-4H3. The van der Waals surface area contributed by atoms with Crippen LogP contribution in [0.3, 0.4) is 0 Å². The van der Waals surface area contributed by atoms with Crippen molar-refractivity contribution in [2.24, 2.45) is 5.73 Å². The number of nitrogens with two attached hydrogens (primary N) is 1. The van der Waals surface area contributed by atoms with E-state index < -0.39 is 0 Å². The molecule has 2 unspecified atom stereocenters. The Bertz CT molecular complexity index is 324. The molecule has 2 N–H and O–H groups in total. The van der Waals surface area contributed by atoms with Crippen molar-refractivity contribution in [3.63, 3.8) is 0 Å². The highest BCUT2D eigenvalue weighted by atomic mass is 32.2. The number of hydrogen-bond donors (Lipinski definition) is 1. The van der Waals surface area contributed by atoms with E-state index in [-0.39, 0.29) is 6.04 Å². The van der Waals surface area contributed by atoms with E-state index in [2.05, 4.69) is 42.2 Å². The number of anilines is 1. The van der Waals surface area contributed by atoms with Crippen LogP contribution in [0.25, 0.3) is 0 Å². The number of rotatable bonds is 6. The Labute approximate surface area is 109 Å². The molecule has 0 radical (unpaired) electrons. The maximum absolute atomic E-state index is 5.82. The third kappa shape index (κ3) is 3.89. The molecule has 0 fully saturated rings. The molecular weight excluding hydrogens is 230 g/mol. The first-order chi connectivity index (χ1) is 8.10. The Morgan fingerprint density at radius 1 is 1.47 bits per heavy atom. The zero-order valence-electron chi connectivity index (χ0n) is 11.2. The molecule has 2 atom stereocenters. The summed E-state index contributed by atoms with van der Waals surface area (Å²) in [4.78, 5) is 6.74. The lowest BCUT2D eigenvalue weighted by atomic mass is 10.1. The smallest absolute Gasteiger partial charge is 0.128 e. The summed E-state index contributed by atoms with van der Waals surface area (Å²) in [5, 5.41) is 0. The second-order valence-corrected chi connectivity index (χ2v) is 5.28. The van der Waals surface area contributed by atoms with E-state index in [0.29, 0.717) is 6.04 Å². The van der Waals surface area contributed by atoms with Crippen molar-refractivity contribution in [3.05, 3.63) is 23.9 Å². The molecule has 0 saturated carbocycles. The lowest BCUT2D eigenvalue weighted by Gasteiger charge is -2.28. The van der Waals surface area contributed by atoms with Crippen LogP contribution in [0, 0.1) is 0 Å². The molecule has 1 heterocycles. The fraction of sp³-hybridized carbons (Fsp3) is 0.615. The molecule has 3 nitrogen and oxygen atoms in total. The van der Waals surface area contributed by atoms with Crippen LogP contribution in [0.1, 0.15) is 31.9 Å². The molecule has 0 aromatic carbocycles. The van der Waals surface area contributed by atoms with Gasteiger partial charge in [-0.15, -0.1) is 0 Å². The number of hydrogen-bond acceptors (Lipinski definition) is 4. The van der Waals surface area contributed by atoms with Gasteiger partial charge < -0.3 is 10.6 Å². The SMILES string of the molecule is CCC(CSC)N(C)c1ccc(C(C)N)cn1. The first kappa shape index (κ1) is 14.3. The van der Waals surface area contributed by atoms with E-state index in [0.717, 1.165) is 23.6 Å². The van der Waals surface area contributed by atoms with Gasteiger partial charge >= 0.3 is 0 Å². The molecule has 1 rings (SSSR count). The van der Waals surface area contributed by atoms with Crippen molar-refractivity contribution in [2.75, 3.05) is 24.0 Å². The van der Waals surface area contributed by atoms with Gasteiger partial charge in [-0.25, -0.2) is 4.98 Å². The number of aromatic nitrogens is 1. The van der Waals surface area contributed by atoms with Crippen LogP contribution in [-0.2, 0) is 0 Å². The van der Waals surface area contributed by atoms with Gasteiger partial charge in [0.2, 0.25) is 0 Å².